The van der Waals surface area contributed by atoms with Crippen molar-refractivity contribution < 1.29 is 12.8 Å². The molecule has 0 bridgehead atoms. The van der Waals surface area contributed by atoms with Crippen molar-refractivity contribution in [2.45, 2.75) is 49.5 Å². The number of hydrogen-bond donors (Lipinski definition) is 2. The van der Waals surface area contributed by atoms with Gasteiger partial charge >= 0.3 is 0 Å². The summed E-state index contributed by atoms with van der Waals surface area (Å²) < 4.78 is 39.9. The SMILES string of the molecule is O=S(=O)(NC1=NCN(C2CCCCCC2)CN1)c1ccc(F)cc1. The summed E-state index contributed by atoms with van der Waals surface area (Å²) in [5, 5.41) is 3.04. The number of hydrogen-bond acceptors (Lipinski definition) is 5. The van der Waals surface area contributed by atoms with Gasteiger partial charge in [0.1, 0.15) is 5.82 Å². The van der Waals surface area contributed by atoms with E-state index in [4.69, 9.17) is 0 Å². The lowest BCUT2D eigenvalue weighted by atomic mass is 10.1. The highest BCUT2D eigenvalue weighted by Gasteiger charge is 2.24. The molecular weight excluding hydrogens is 331 g/mol. The smallest absolute Gasteiger partial charge is 0.264 e. The lowest BCUT2D eigenvalue weighted by molar-refractivity contribution is 0.171. The molecule has 1 heterocycles. The Kier molecular flexibility index (Phi) is 5.35. The molecule has 132 valence electrons. The molecule has 2 N–H and O–H groups in total. The topological polar surface area (TPSA) is 73.8 Å². The third kappa shape index (κ3) is 4.24. The summed E-state index contributed by atoms with van der Waals surface area (Å²) in [7, 11) is -3.75. The summed E-state index contributed by atoms with van der Waals surface area (Å²) >= 11 is 0. The van der Waals surface area contributed by atoms with E-state index < -0.39 is 15.8 Å². The standard InChI is InChI=1S/C16H23FN4O2S/c17-13-7-9-15(10-8-13)24(22,23)20-16-18-11-21(12-19-16)14-5-3-1-2-4-6-14/h7-10,14H,1-6,11-12H2,(H2,18,19,20). The number of guanidine groups is 1. The number of nitrogens with zero attached hydrogens (tertiary/aromatic N) is 2. The molecule has 24 heavy (non-hydrogen) atoms. The number of sulfonamides is 1. The first kappa shape index (κ1) is 17.2. The lowest BCUT2D eigenvalue weighted by Crippen LogP contribution is -2.52. The lowest BCUT2D eigenvalue weighted by Gasteiger charge is -2.33. The van der Waals surface area contributed by atoms with Crippen molar-refractivity contribution >= 4 is 16.0 Å². The molecule has 8 heteroatoms. The van der Waals surface area contributed by atoms with Crippen molar-refractivity contribution in [3.8, 4) is 0 Å². The van der Waals surface area contributed by atoms with Gasteiger partial charge in [-0.25, -0.2) is 22.5 Å². The molecule has 1 fully saturated rings. The molecule has 3 rings (SSSR count). The van der Waals surface area contributed by atoms with Gasteiger partial charge in [-0.3, -0.25) is 4.90 Å². The molecule has 1 saturated carbocycles. The van der Waals surface area contributed by atoms with Crippen LogP contribution in [0.3, 0.4) is 0 Å². The largest absolute Gasteiger partial charge is 0.343 e. The molecule has 1 aliphatic carbocycles. The van der Waals surface area contributed by atoms with Crippen molar-refractivity contribution in [1.82, 2.24) is 14.9 Å². The average Bonchev–Trinajstić information content (AvgIpc) is 2.85. The quantitative estimate of drug-likeness (QED) is 0.815. The minimum atomic E-state index is -3.75. The van der Waals surface area contributed by atoms with Gasteiger partial charge in [-0.05, 0) is 37.1 Å². The number of nitrogens with one attached hydrogen (secondary N) is 2. The highest BCUT2D eigenvalue weighted by molar-refractivity contribution is 7.90. The molecule has 1 aromatic carbocycles. The zero-order valence-electron chi connectivity index (χ0n) is 13.5. The number of rotatable bonds is 3. The molecule has 0 amide bonds. The Morgan fingerprint density at radius 1 is 1.12 bits per heavy atom. The zero-order valence-corrected chi connectivity index (χ0v) is 14.4. The number of aliphatic imine (C=N–C) groups is 1. The van der Waals surface area contributed by atoms with Crippen LogP contribution in [0.25, 0.3) is 0 Å². The van der Waals surface area contributed by atoms with E-state index in [-0.39, 0.29) is 10.9 Å². The summed E-state index contributed by atoms with van der Waals surface area (Å²) in [5.41, 5.74) is 0. The maximum Gasteiger partial charge on any atom is 0.264 e. The fourth-order valence-electron chi connectivity index (χ4n) is 3.18. The summed E-state index contributed by atoms with van der Waals surface area (Å²) in [5.74, 6) is -0.231. The van der Waals surface area contributed by atoms with E-state index in [9.17, 15) is 12.8 Å². The summed E-state index contributed by atoms with van der Waals surface area (Å²) in [6.07, 6.45) is 7.43. The normalized spacial score (nSPS) is 20.8. The van der Waals surface area contributed by atoms with Gasteiger partial charge in [0.05, 0.1) is 18.2 Å². The van der Waals surface area contributed by atoms with Gasteiger partial charge in [-0.15, -0.1) is 0 Å². The highest BCUT2D eigenvalue weighted by atomic mass is 32.2. The molecule has 0 aromatic heterocycles. The van der Waals surface area contributed by atoms with Crippen LogP contribution in [-0.2, 0) is 10.0 Å². The van der Waals surface area contributed by atoms with Gasteiger partial charge in [0.2, 0.25) is 5.96 Å². The molecule has 1 aromatic rings. The first-order chi connectivity index (χ1) is 11.5. The Bertz CT molecular complexity index is 683. The Labute approximate surface area is 142 Å². The Balaban J connectivity index is 1.61. The number of halogens is 1. The minimum absolute atomic E-state index is 0.0135. The van der Waals surface area contributed by atoms with Crippen molar-refractivity contribution in [1.29, 1.82) is 0 Å². The van der Waals surface area contributed by atoms with E-state index in [1.807, 2.05) is 0 Å². The van der Waals surface area contributed by atoms with Crippen LogP contribution in [0.15, 0.2) is 34.2 Å². The Morgan fingerprint density at radius 2 is 1.79 bits per heavy atom. The molecular formula is C16H23FN4O2S. The van der Waals surface area contributed by atoms with E-state index in [2.05, 4.69) is 19.9 Å². The van der Waals surface area contributed by atoms with Gasteiger partial charge in [-0.2, -0.15) is 0 Å². The van der Waals surface area contributed by atoms with Gasteiger partial charge < -0.3 is 5.32 Å². The molecule has 0 atom stereocenters. The van der Waals surface area contributed by atoms with E-state index in [1.165, 1.54) is 50.7 Å². The van der Waals surface area contributed by atoms with Crippen molar-refractivity contribution in [2.75, 3.05) is 13.3 Å². The molecule has 0 saturated heterocycles. The fraction of sp³-hybridized carbons (Fsp3) is 0.562. The second-order valence-corrected chi connectivity index (χ2v) is 7.96. The van der Waals surface area contributed by atoms with Crippen LogP contribution in [0.1, 0.15) is 38.5 Å². The first-order valence-electron chi connectivity index (χ1n) is 8.35. The molecule has 1 aliphatic heterocycles. The fourth-order valence-corrected chi connectivity index (χ4v) is 4.18. The third-order valence-electron chi connectivity index (χ3n) is 4.56. The first-order valence-corrected chi connectivity index (χ1v) is 9.84. The predicted molar refractivity (Wildman–Crippen MR) is 90.4 cm³/mol. The van der Waals surface area contributed by atoms with Crippen LogP contribution in [0, 0.1) is 5.82 Å². The average molecular weight is 354 g/mol. The van der Waals surface area contributed by atoms with Crippen LogP contribution in [0.5, 0.6) is 0 Å². The van der Waals surface area contributed by atoms with E-state index in [0.29, 0.717) is 19.4 Å². The summed E-state index contributed by atoms with van der Waals surface area (Å²) in [4.78, 5) is 6.58. The number of benzene rings is 1. The third-order valence-corrected chi connectivity index (χ3v) is 5.91. The summed E-state index contributed by atoms with van der Waals surface area (Å²) in [6.45, 7) is 1.06. The van der Waals surface area contributed by atoms with Crippen molar-refractivity contribution in [3.63, 3.8) is 0 Å². The Morgan fingerprint density at radius 3 is 2.38 bits per heavy atom. The van der Waals surface area contributed by atoms with Crippen LogP contribution in [0.4, 0.5) is 4.39 Å². The molecule has 0 unspecified atom stereocenters. The summed E-state index contributed by atoms with van der Waals surface area (Å²) in [6, 6.07) is 5.23. The van der Waals surface area contributed by atoms with Gasteiger partial charge in [-0.1, -0.05) is 25.7 Å². The van der Waals surface area contributed by atoms with E-state index >= 15 is 0 Å². The van der Waals surface area contributed by atoms with E-state index in [1.54, 1.807) is 0 Å². The second kappa shape index (κ2) is 7.48. The maximum absolute atomic E-state index is 12.9. The second-order valence-electron chi connectivity index (χ2n) is 6.28. The van der Waals surface area contributed by atoms with Gasteiger partial charge in [0, 0.05) is 6.04 Å². The van der Waals surface area contributed by atoms with Crippen molar-refractivity contribution in [3.05, 3.63) is 30.1 Å². The van der Waals surface area contributed by atoms with E-state index in [0.717, 1.165) is 12.1 Å². The molecule has 0 radical (unpaired) electrons. The molecule has 0 spiro atoms. The zero-order chi connectivity index (χ0) is 17.0. The van der Waals surface area contributed by atoms with Gasteiger partial charge in [0.25, 0.3) is 10.0 Å². The Hall–Kier alpha value is -1.67. The molecule has 6 nitrogen and oxygen atoms in total. The predicted octanol–water partition coefficient (Wildman–Crippen LogP) is 2.00. The highest BCUT2D eigenvalue weighted by Crippen LogP contribution is 2.22. The maximum atomic E-state index is 12.9. The van der Waals surface area contributed by atoms with Gasteiger partial charge in [0.15, 0.2) is 0 Å². The van der Waals surface area contributed by atoms with Crippen molar-refractivity contribution in [2.24, 2.45) is 4.99 Å². The van der Waals surface area contributed by atoms with Crippen LogP contribution >= 0.6 is 0 Å². The minimum Gasteiger partial charge on any atom is -0.343 e. The molecule has 2 aliphatic rings. The monoisotopic (exact) mass is 354 g/mol. The van der Waals surface area contributed by atoms with Crippen LogP contribution < -0.4 is 10.0 Å². The van der Waals surface area contributed by atoms with Crippen LogP contribution in [-0.4, -0.2) is 38.7 Å². The van der Waals surface area contributed by atoms with Crippen LogP contribution in [0.2, 0.25) is 0 Å².